The van der Waals surface area contributed by atoms with Crippen molar-refractivity contribution in [3.63, 3.8) is 0 Å². The molecular weight excluding hydrogens is 313 g/mol. The standard InChI is InChI=1S/C18H20FNO4/c1-10(2)16-13(9-21)11(7-8-15(16)20-18(23)24-3)12-5-4-6-14(19)17(12)22/h4-8,10,21-22H,9H2,1-3H3,(H,20,23). The highest BCUT2D eigenvalue weighted by molar-refractivity contribution is 5.88. The molecule has 0 heterocycles. The summed E-state index contributed by atoms with van der Waals surface area (Å²) in [6.45, 7) is 3.49. The Morgan fingerprint density at radius 1 is 1.25 bits per heavy atom. The molecule has 24 heavy (non-hydrogen) atoms. The van der Waals surface area contributed by atoms with E-state index in [0.29, 0.717) is 22.4 Å². The number of hydrogen-bond acceptors (Lipinski definition) is 4. The van der Waals surface area contributed by atoms with Gasteiger partial charge in [0.1, 0.15) is 0 Å². The van der Waals surface area contributed by atoms with E-state index < -0.39 is 17.7 Å². The highest BCUT2D eigenvalue weighted by Crippen LogP contribution is 2.39. The lowest BCUT2D eigenvalue weighted by Gasteiger charge is -2.21. The Morgan fingerprint density at radius 3 is 2.54 bits per heavy atom. The third kappa shape index (κ3) is 3.33. The molecule has 2 rings (SSSR count). The van der Waals surface area contributed by atoms with Crippen molar-refractivity contribution in [2.45, 2.75) is 26.4 Å². The lowest BCUT2D eigenvalue weighted by Crippen LogP contribution is -2.14. The van der Waals surface area contributed by atoms with Crippen LogP contribution in [0.3, 0.4) is 0 Å². The van der Waals surface area contributed by atoms with Gasteiger partial charge in [0.15, 0.2) is 11.6 Å². The van der Waals surface area contributed by atoms with Crippen LogP contribution in [0.5, 0.6) is 5.75 Å². The van der Waals surface area contributed by atoms with Crippen LogP contribution in [-0.4, -0.2) is 23.4 Å². The molecule has 0 saturated carbocycles. The van der Waals surface area contributed by atoms with Gasteiger partial charge in [-0.1, -0.05) is 32.0 Å². The molecule has 3 N–H and O–H groups in total. The van der Waals surface area contributed by atoms with E-state index in [1.165, 1.54) is 13.2 Å². The first kappa shape index (κ1) is 17.7. The Kier molecular flexibility index (Phi) is 5.41. The van der Waals surface area contributed by atoms with Crippen LogP contribution in [0, 0.1) is 5.82 Å². The highest BCUT2D eigenvalue weighted by Gasteiger charge is 2.20. The van der Waals surface area contributed by atoms with Gasteiger partial charge in [0, 0.05) is 11.3 Å². The number of aromatic hydroxyl groups is 1. The normalized spacial score (nSPS) is 10.8. The first-order valence-electron chi connectivity index (χ1n) is 7.50. The number of amides is 1. The maximum Gasteiger partial charge on any atom is 0.411 e. The van der Waals surface area contributed by atoms with Gasteiger partial charge in [0.05, 0.1) is 13.7 Å². The lowest BCUT2D eigenvalue weighted by molar-refractivity contribution is 0.187. The Balaban J connectivity index is 2.69. The van der Waals surface area contributed by atoms with Gasteiger partial charge >= 0.3 is 6.09 Å². The SMILES string of the molecule is COC(=O)Nc1ccc(-c2cccc(F)c2O)c(CO)c1C(C)C. The molecule has 1 amide bonds. The zero-order valence-electron chi connectivity index (χ0n) is 13.8. The number of para-hydroxylation sites is 1. The zero-order valence-corrected chi connectivity index (χ0v) is 13.8. The molecule has 128 valence electrons. The van der Waals surface area contributed by atoms with Crippen LogP contribution in [0.15, 0.2) is 30.3 Å². The zero-order chi connectivity index (χ0) is 17.9. The Hall–Kier alpha value is -2.60. The second kappa shape index (κ2) is 7.31. The monoisotopic (exact) mass is 333 g/mol. The minimum Gasteiger partial charge on any atom is -0.504 e. The maximum absolute atomic E-state index is 13.7. The van der Waals surface area contributed by atoms with Crippen molar-refractivity contribution in [3.8, 4) is 16.9 Å². The fraction of sp³-hybridized carbons (Fsp3) is 0.278. The summed E-state index contributed by atoms with van der Waals surface area (Å²) < 4.78 is 18.3. The second-order valence-electron chi connectivity index (χ2n) is 5.62. The summed E-state index contributed by atoms with van der Waals surface area (Å²) in [6.07, 6.45) is -0.623. The molecule has 0 spiro atoms. The van der Waals surface area contributed by atoms with Crippen LogP contribution in [0.4, 0.5) is 14.9 Å². The third-order valence-electron chi connectivity index (χ3n) is 3.79. The summed E-state index contributed by atoms with van der Waals surface area (Å²) in [5, 5.41) is 22.5. The Morgan fingerprint density at radius 2 is 1.96 bits per heavy atom. The number of nitrogens with one attached hydrogen (secondary N) is 1. The quantitative estimate of drug-likeness (QED) is 0.790. The van der Waals surface area contributed by atoms with E-state index in [-0.39, 0.29) is 18.1 Å². The summed E-state index contributed by atoms with van der Waals surface area (Å²) in [5.74, 6) is -1.25. The molecule has 0 radical (unpaired) electrons. The number of phenolic OH excluding ortho intramolecular Hbond substituents is 1. The van der Waals surface area contributed by atoms with Crippen LogP contribution in [-0.2, 0) is 11.3 Å². The number of aliphatic hydroxyl groups excluding tert-OH is 1. The van der Waals surface area contributed by atoms with Crippen molar-refractivity contribution in [2.75, 3.05) is 12.4 Å². The topological polar surface area (TPSA) is 78.8 Å². The number of aliphatic hydroxyl groups is 1. The average molecular weight is 333 g/mol. The first-order chi connectivity index (χ1) is 11.4. The van der Waals surface area contributed by atoms with E-state index in [4.69, 9.17) is 0 Å². The number of hydrogen-bond donors (Lipinski definition) is 3. The molecule has 0 bridgehead atoms. The molecule has 6 heteroatoms. The van der Waals surface area contributed by atoms with E-state index in [0.717, 1.165) is 6.07 Å². The van der Waals surface area contributed by atoms with Gasteiger partial charge in [0.2, 0.25) is 0 Å². The minimum absolute atomic E-state index is 0.0324. The van der Waals surface area contributed by atoms with Crippen LogP contribution < -0.4 is 5.32 Å². The molecule has 0 aliphatic rings. The minimum atomic E-state index is -0.737. The van der Waals surface area contributed by atoms with Crippen molar-refractivity contribution in [1.82, 2.24) is 0 Å². The summed E-state index contributed by atoms with van der Waals surface area (Å²) >= 11 is 0. The first-order valence-corrected chi connectivity index (χ1v) is 7.50. The predicted molar refractivity (Wildman–Crippen MR) is 89.5 cm³/mol. The Bertz CT molecular complexity index is 759. The van der Waals surface area contributed by atoms with Gasteiger partial charge in [-0.3, -0.25) is 5.32 Å². The van der Waals surface area contributed by atoms with Gasteiger partial charge in [-0.25, -0.2) is 9.18 Å². The number of phenols is 1. The lowest BCUT2D eigenvalue weighted by atomic mass is 9.88. The molecule has 2 aromatic rings. The molecule has 0 unspecified atom stereocenters. The van der Waals surface area contributed by atoms with E-state index in [1.807, 2.05) is 13.8 Å². The van der Waals surface area contributed by atoms with E-state index in [2.05, 4.69) is 10.1 Å². The van der Waals surface area contributed by atoms with Crippen molar-refractivity contribution in [2.24, 2.45) is 0 Å². The molecule has 0 aromatic heterocycles. The van der Waals surface area contributed by atoms with E-state index >= 15 is 0 Å². The number of carbonyl (C=O) groups excluding carboxylic acids is 1. The summed E-state index contributed by atoms with van der Waals surface area (Å²) in [5.41, 5.74) is 2.50. The van der Waals surface area contributed by atoms with Crippen molar-refractivity contribution in [1.29, 1.82) is 0 Å². The summed E-state index contributed by atoms with van der Waals surface area (Å²) in [7, 11) is 1.26. The van der Waals surface area contributed by atoms with Crippen LogP contribution in [0.1, 0.15) is 30.9 Å². The molecule has 0 fully saturated rings. The smallest absolute Gasteiger partial charge is 0.411 e. The summed E-state index contributed by atoms with van der Waals surface area (Å²) in [4.78, 5) is 11.5. The number of anilines is 1. The van der Waals surface area contributed by atoms with Gasteiger partial charge in [-0.2, -0.15) is 0 Å². The fourth-order valence-electron chi connectivity index (χ4n) is 2.75. The third-order valence-corrected chi connectivity index (χ3v) is 3.79. The fourth-order valence-corrected chi connectivity index (χ4v) is 2.75. The molecule has 0 saturated heterocycles. The van der Waals surface area contributed by atoms with Gasteiger partial charge in [-0.05, 0) is 34.7 Å². The predicted octanol–water partition coefficient (Wildman–Crippen LogP) is 3.99. The van der Waals surface area contributed by atoms with Crippen molar-refractivity contribution >= 4 is 11.8 Å². The average Bonchev–Trinajstić information content (AvgIpc) is 2.56. The van der Waals surface area contributed by atoms with E-state index in [9.17, 15) is 19.4 Å². The second-order valence-corrected chi connectivity index (χ2v) is 5.62. The number of rotatable bonds is 4. The largest absolute Gasteiger partial charge is 0.504 e. The number of halogens is 1. The Labute approximate surface area is 139 Å². The number of methoxy groups -OCH3 is 1. The van der Waals surface area contributed by atoms with Crippen LogP contribution in [0.25, 0.3) is 11.1 Å². The summed E-state index contributed by atoms with van der Waals surface area (Å²) in [6, 6.07) is 7.49. The number of benzene rings is 2. The number of ether oxygens (including phenoxy) is 1. The van der Waals surface area contributed by atoms with Crippen LogP contribution >= 0.6 is 0 Å². The highest BCUT2D eigenvalue weighted by atomic mass is 19.1. The van der Waals surface area contributed by atoms with Gasteiger partial charge < -0.3 is 14.9 Å². The van der Waals surface area contributed by atoms with Crippen LogP contribution in [0.2, 0.25) is 0 Å². The molecule has 0 atom stereocenters. The van der Waals surface area contributed by atoms with E-state index in [1.54, 1.807) is 18.2 Å². The van der Waals surface area contributed by atoms with Gasteiger partial charge in [0.25, 0.3) is 0 Å². The molecule has 0 aliphatic heterocycles. The molecule has 0 aliphatic carbocycles. The molecule has 2 aromatic carbocycles. The maximum atomic E-state index is 13.7. The molecule has 5 nitrogen and oxygen atoms in total. The molecular formula is C18H20FNO4. The van der Waals surface area contributed by atoms with Gasteiger partial charge in [-0.15, -0.1) is 0 Å². The van der Waals surface area contributed by atoms with Crippen molar-refractivity contribution < 1.29 is 24.1 Å². The van der Waals surface area contributed by atoms with Crippen molar-refractivity contribution in [3.05, 3.63) is 47.3 Å². The number of carbonyl (C=O) groups is 1.